The average molecular weight is 266 g/mol. The van der Waals surface area contributed by atoms with E-state index in [0.29, 0.717) is 5.69 Å². The van der Waals surface area contributed by atoms with E-state index in [9.17, 15) is 9.59 Å². The van der Waals surface area contributed by atoms with Crippen molar-refractivity contribution in [2.45, 2.75) is 25.0 Å². The standard InChI is InChI=1S/C13H18N2O2S/c1-13(2)6-7-15(8-9-18-13)12(17)10-4-3-5-11(16)14-10/h3-5H,6-9H2,1-2H3,(H,14,16). The summed E-state index contributed by atoms with van der Waals surface area (Å²) in [6.45, 7) is 5.89. The van der Waals surface area contributed by atoms with Crippen LogP contribution in [0.15, 0.2) is 23.0 Å². The van der Waals surface area contributed by atoms with E-state index in [2.05, 4.69) is 18.8 Å². The van der Waals surface area contributed by atoms with Crippen LogP contribution >= 0.6 is 11.8 Å². The first-order chi connectivity index (χ1) is 8.48. The molecule has 1 saturated heterocycles. The Labute approximate surface area is 111 Å². The zero-order valence-corrected chi connectivity index (χ0v) is 11.5. The Hall–Kier alpha value is -1.23. The number of H-pyrrole nitrogens is 1. The second-order valence-corrected chi connectivity index (χ2v) is 6.88. The number of aromatic amines is 1. The molecule has 5 heteroatoms. The molecule has 0 spiro atoms. The first-order valence-corrected chi connectivity index (χ1v) is 7.09. The monoisotopic (exact) mass is 266 g/mol. The summed E-state index contributed by atoms with van der Waals surface area (Å²) in [7, 11) is 0. The van der Waals surface area contributed by atoms with Crippen LogP contribution in [0.3, 0.4) is 0 Å². The Morgan fingerprint density at radius 1 is 1.39 bits per heavy atom. The molecule has 1 aromatic rings. The van der Waals surface area contributed by atoms with Crippen molar-refractivity contribution in [3.63, 3.8) is 0 Å². The molecule has 18 heavy (non-hydrogen) atoms. The van der Waals surface area contributed by atoms with Gasteiger partial charge >= 0.3 is 0 Å². The average Bonchev–Trinajstić information content (AvgIpc) is 2.49. The van der Waals surface area contributed by atoms with Gasteiger partial charge in [-0.2, -0.15) is 11.8 Å². The van der Waals surface area contributed by atoms with Crippen LogP contribution in [0.4, 0.5) is 0 Å². The molecule has 1 amide bonds. The largest absolute Gasteiger partial charge is 0.337 e. The van der Waals surface area contributed by atoms with E-state index < -0.39 is 0 Å². The molecule has 2 rings (SSSR count). The molecule has 1 fully saturated rings. The van der Waals surface area contributed by atoms with Gasteiger partial charge in [0.2, 0.25) is 5.56 Å². The van der Waals surface area contributed by atoms with Crippen molar-refractivity contribution in [3.8, 4) is 0 Å². The lowest BCUT2D eigenvalue weighted by Crippen LogP contribution is -2.34. The van der Waals surface area contributed by atoms with Gasteiger partial charge in [-0.15, -0.1) is 0 Å². The molecule has 0 unspecified atom stereocenters. The minimum absolute atomic E-state index is 0.0778. The smallest absolute Gasteiger partial charge is 0.270 e. The topological polar surface area (TPSA) is 53.2 Å². The van der Waals surface area contributed by atoms with Crippen molar-refractivity contribution in [2.24, 2.45) is 0 Å². The van der Waals surface area contributed by atoms with E-state index in [1.165, 1.54) is 6.07 Å². The second-order valence-electron chi connectivity index (χ2n) is 5.08. The van der Waals surface area contributed by atoms with E-state index in [4.69, 9.17) is 0 Å². The zero-order valence-electron chi connectivity index (χ0n) is 10.7. The summed E-state index contributed by atoms with van der Waals surface area (Å²) in [6.07, 6.45) is 0.973. The molecule has 4 nitrogen and oxygen atoms in total. The Morgan fingerprint density at radius 2 is 2.17 bits per heavy atom. The molecular formula is C13H18N2O2S. The van der Waals surface area contributed by atoms with Gasteiger partial charge in [0.1, 0.15) is 5.69 Å². The highest BCUT2D eigenvalue weighted by Crippen LogP contribution is 2.30. The highest BCUT2D eigenvalue weighted by atomic mass is 32.2. The maximum Gasteiger partial charge on any atom is 0.270 e. The fourth-order valence-corrected chi connectivity index (χ4v) is 3.07. The van der Waals surface area contributed by atoms with E-state index in [-0.39, 0.29) is 16.2 Å². The zero-order chi connectivity index (χ0) is 13.2. The normalized spacial score (nSPS) is 19.3. The van der Waals surface area contributed by atoms with Crippen molar-refractivity contribution in [1.29, 1.82) is 0 Å². The number of aromatic nitrogens is 1. The minimum atomic E-state index is -0.231. The van der Waals surface area contributed by atoms with Crippen LogP contribution in [0.25, 0.3) is 0 Å². The fraction of sp³-hybridized carbons (Fsp3) is 0.538. The highest BCUT2D eigenvalue weighted by molar-refractivity contribution is 8.00. The molecule has 0 atom stereocenters. The summed E-state index contributed by atoms with van der Waals surface area (Å²) < 4.78 is 0.221. The Balaban J connectivity index is 2.12. The Morgan fingerprint density at radius 3 is 2.89 bits per heavy atom. The Bertz CT molecular complexity index is 496. The molecule has 2 heterocycles. The molecule has 0 saturated carbocycles. The predicted octanol–water partition coefficient (Wildman–Crippen LogP) is 1.73. The minimum Gasteiger partial charge on any atom is -0.337 e. The molecule has 98 valence electrons. The van der Waals surface area contributed by atoms with Crippen LogP contribution in [-0.2, 0) is 0 Å². The third-order valence-corrected chi connectivity index (χ3v) is 4.50. The van der Waals surface area contributed by atoms with Crippen LogP contribution < -0.4 is 5.56 Å². The quantitative estimate of drug-likeness (QED) is 0.842. The Kier molecular flexibility index (Phi) is 3.80. The highest BCUT2D eigenvalue weighted by Gasteiger charge is 2.26. The molecule has 1 N–H and O–H groups in total. The first-order valence-electron chi connectivity index (χ1n) is 6.10. The van der Waals surface area contributed by atoms with Gasteiger partial charge in [-0.25, -0.2) is 0 Å². The molecule has 0 aliphatic carbocycles. The summed E-state index contributed by atoms with van der Waals surface area (Å²) in [6, 6.07) is 4.69. The van der Waals surface area contributed by atoms with E-state index in [0.717, 1.165) is 25.3 Å². The van der Waals surface area contributed by atoms with Crippen molar-refractivity contribution < 1.29 is 4.79 Å². The summed E-state index contributed by atoms with van der Waals surface area (Å²) >= 11 is 1.89. The lowest BCUT2D eigenvalue weighted by molar-refractivity contribution is 0.0758. The third-order valence-electron chi connectivity index (χ3n) is 3.12. The van der Waals surface area contributed by atoms with E-state index in [1.54, 1.807) is 12.1 Å². The lowest BCUT2D eigenvalue weighted by Gasteiger charge is -2.22. The van der Waals surface area contributed by atoms with Crippen molar-refractivity contribution >= 4 is 17.7 Å². The molecule has 0 radical (unpaired) electrons. The number of hydrogen-bond acceptors (Lipinski definition) is 3. The van der Waals surface area contributed by atoms with E-state index >= 15 is 0 Å². The number of carbonyl (C=O) groups is 1. The van der Waals surface area contributed by atoms with Crippen LogP contribution in [0.1, 0.15) is 30.8 Å². The molecule has 0 bridgehead atoms. The van der Waals surface area contributed by atoms with Crippen LogP contribution in [0, 0.1) is 0 Å². The summed E-state index contributed by atoms with van der Waals surface area (Å²) in [4.78, 5) is 27.9. The van der Waals surface area contributed by atoms with Crippen molar-refractivity contribution in [3.05, 3.63) is 34.2 Å². The number of thioether (sulfide) groups is 1. The number of hydrogen-bond donors (Lipinski definition) is 1. The van der Waals surface area contributed by atoms with Gasteiger partial charge in [0.05, 0.1) is 0 Å². The van der Waals surface area contributed by atoms with Crippen molar-refractivity contribution in [2.75, 3.05) is 18.8 Å². The number of carbonyl (C=O) groups excluding carboxylic acids is 1. The molecule has 0 aromatic carbocycles. The second kappa shape index (κ2) is 5.18. The first kappa shape index (κ1) is 13.2. The van der Waals surface area contributed by atoms with Gasteiger partial charge in [0.25, 0.3) is 5.91 Å². The summed E-state index contributed by atoms with van der Waals surface area (Å²) in [5.41, 5.74) is 0.151. The fourth-order valence-electron chi connectivity index (χ4n) is 1.97. The molecule has 1 aromatic heterocycles. The maximum absolute atomic E-state index is 12.3. The number of rotatable bonds is 1. The van der Waals surface area contributed by atoms with Gasteiger partial charge in [0.15, 0.2) is 0 Å². The lowest BCUT2D eigenvalue weighted by atomic mass is 10.1. The molecular weight excluding hydrogens is 248 g/mol. The third kappa shape index (κ3) is 3.16. The SMILES string of the molecule is CC1(C)CCN(C(=O)c2cccc(=O)[nH]2)CCS1. The predicted molar refractivity (Wildman–Crippen MR) is 74.1 cm³/mol. The van der Waals surface area contributed by atoms with Crippen molar-refractivity contribution in [1.82, 2.24) is 9.88 Å². The van der Waals surface area contributed by atoms with Crippen LogP contribution in [-0.4, -0.2) is 39.4 Å². The van der Waals surface area contributed by atoms with Gasteiger partial charge in [-0.1, -0.05) is 19.9 Å². The maximum atomic E-state index is 12.3. The number of nitrogens with zero attached hydrogens (tertiary/aromatic N) is 1. The summed E-state index contributed by atoms with van der Waals surface area (Å²) in [5.74, 6) is 0.863. The molecule has 1 aliphatic rings. The van der Waals surface area contributed by atoms with Crippen LogP contribution in [0.5, 0.6) is 0 Å². The van der Waals surface area contributed by atoms with Gasteiger partial charge in [-0.05, 0) is 12.5 Å². The van der Waals surface area contributed by atoms with Gasteiger partial charge < -0.3 is 9.88 Å². The molecule has 1 aliphatic heterocycles. The number of amides is 1. The summed E-state index contributed by atoms with van der Waals surface area (Å²) in [5, 5.41) is 0. The number of nitrogens with one attached hydrogen (secondary N) is 1. The number of pyridine rings is 1. The van der Waals surface area contributed by atoms with E-state index in [1.807, 2.05) is 16.7 Å². The van der Waals surface area contributed by atoms with Gasteiger partial charge in [0, 0.05) is 29.7 Å². The van der Waals surface area contributed by atoms with Gasteiger partial charge in [-0.3, -0.25) is 9.59 Å². The van der Waals surface area contributed by atoms with Crippen LogP contribution in [0.2, 0.25) is 0 Å².